The van der Waals surface area contributed by atoms with Crippen molar-refractivity contribution < 1.29 is 9.53 Å². The van der Waals surface area contributed by atoms with Crippen LogP contribution in [0.15, 0.2) is 24.3 Å². The van der Waals surface area contributed by atoms with Gasteiger partial charge in [-0.1, -0.05) is 6.07 Å². The Bertz CT molecular complexity index is 558. The van der Waals surface area contributed by atoms with E-state index in [1.54, 1.807) is 6.08 Å². The van der Waals surface area contributed by atoms with E-state index in [1.165, 1.54) is 5.56 Å². The molecule has 0 spiro atoms. The molecule has 0 radical (unpaired) electrons. The first-order chi connectivity index (χ1) is 10.1. The number of fused-ring (bicyclic) bond motifs is 1. The van der Waals surface area contributed by atoms with Gasteiger partial charge in [0.2, 0.25) is 5.91 Å². The third-order valence-electron chi connectivity index (χ3n) is 4.00. The van der Waals surface area contributed by atoms with Gasteiger partial charge in [0.25, 0.3) is 0 Å². The molecule has 112 valence electrons. The highest BCUT2D eigenvalue weighted by Gasteiger charge is 2.23. The zero-order valence-corrected chi connectivity index (χ0v) is 12.6. The van der Waals surface area contributed by atoms with Gasteiger partial charge in [0.15, 0.2) is 0 Å². The first-order valence-electron chi connectivity index (χ1n) is 7.60. The predicted molar refractivity (Wildman–Crippen MR) is 83.3 cm³/mol. The molecule has 0 aliphatic carbocycles. The number of nitrogens with one attached hydrogen (secondary N) is 1. The Morgan fingerprint density at radius 1 is 1.33 bits per heavy atom. The maximum atomic E-state index is 12.3. The van der Waals surface area contributed by atoms with Gasteiger partial charge in [0.1, 0.15) is 5.75 Å². The molecule has 2 heterocycles. The van der Waals surface area contributed by atoms with Crippen molar-refractivity contribution in [1.29, 1.82) is 0 Å². The number of benzene rings is 1. The molecule has 1 amide bonds. The first-order valence-corrected chi connectivity index (χ1v) is 7.60. The summed E-state index contributed by atoms with van der Waals surface area (Å²) >= 11 is 0. The molecule has 0 bridgehead atoms. The Morgan fingerprint density at radius 3 is 2.86 bits per heavy atom. The van der Waals surface area contributed by atoms with Gasteiger partial charge in [-0.15, -0.1) is 0 Å². The summed E-state index contributed by atoms with van der Waals surface area (Å²) in [7, 11) is 0. The van der Waals surface area contributed by atoms with E-state index in [0.717, 1.165) is 37.4 Å². The molecule has 21 heavy (non-hydrogen) atoms. The van der Waals surface area contributed by atoms with Crippen LogP contribution >= 0.6 is 0 Å². The fourth-order valence-corrected chi connectivity index (χ4v) is 3.09. The van der Waals surface area contributed by atoms with Crippen LogP contribution in [0.4, 0.5) is 0 Å². The molecule has 2 aliphatic heterocycles. The highest BCUT2D eigenvalue weighted by atomic mass is 16.5. The number of hydrogen-bond donors (Lipinski definition) is 1. The normalized spacial score (nSPS) is 25.0. The Hall–Kier alpha value is -1.81. The van der Waals surface area contributed by atoms with Crippen LogP contribution in [0.3, 0.4) is 0 Å². The van der Waals surface area contributed by atoms with Crippen molar-refractivity contribution in [3.05, 3.63) is 35.4 Å². The van der Waals surface area contributed by atoms with Crippen molar-refractivity contribution in [3.63, 3.8) is 0 Å². The van der Waals surface area contributed by atoms with E-state index in [4.69, 9.17) is 4.74 Å². The minimum Gasteiger partial charge on any atom is -0.493 e. The maximum absolute atomic E-state index is 12.3. The van der Waals surface area contributed by atoms with Gasteiger partial charge in [0.05, 0.1) is 6.61 Å². The van der Waals surface area contributed by atoms with Gasteiger partial charge < -0.3 is 15.0 Å². The number of nitrogens with zero attached hydrogens (tertiary/aromatic N) is 1. The highest BCUT2D eigenvalue weighted by molar-refractivity contribution is 5.92. The number of rotatable bonds is 2. The summed E-state index contributed by atoms with van der Waals surface area (Å²) < 4.78 is 5.49. The van der Waals surface area contributed by atoms with E-state index >= 15 is 0 Å². The quantitative estimate of drug-likeness (QED) is 0.844. The lowest BCUT2D eigenvalue weighted by molar-refractivity contribution is -0.127. The first kappa shape index (κ1) is 14.1. The molecule has 1 saturated heterocycles. The number of piperazine rings is 1. The Morgan fingerprint density at radius 2 is 2.10 bits per heavy atom. The van der Waals surface area contributed by atoms with Gasteiger partial charge in [-0.05, 0) is 43.2 Å². The average Bonchev–Trinajstić information content (AvgIpc) is 2.91. The summed E-state index contributed by atoms with van der Waals surface area (Å²) in [6, 6.07) is 6.79. The van der Waals surface area contributed by atoms with E-state index < -0.39 is 0 Å². The molecular weight excluding hydrogens is 264 g/mol. The summed E-state index contributed by atoms with van der Waals surface area (Å²) in [6.07, 6.45) is 4.54. The van der Waals surface area contributed by atoms with Crippen molar-refractivity contribution in [2.75, 3.05) is 19.7 Å². The molecule has 4 heteroatoms. The smallest absolute Gasteiger partial charge is 0.246 e. The number of amides is 1. The third kappa shape index (κ3) is 3.27. The summed E-state index contributed by atoms with van der Waals surface area (Å²) in [5.41, 5.74) is 2.29. The molecule has 0 aromatic heterocycles. The summed E-state index contributed by atoms with van der Waals surface area (Å²) in [6.45, 7) is 6.52. The lowest BCUT2D eigenvalue weighted by Gasteiger charge is -2.35. The summed E-state index contributed by atoms with van der Waals surface area (Å²) in [5, 5.41) is 3.43. The molecule has 1 aromatic rings. The SMILES string of the molecule is CC1CN(C(=O)C=Cc2ccc3c(c2)CCO3)CC(C)N1. The van der Waals surface area contributed by atoms with Crippen LogP contribution in [0.1, 0.15) is 25.0 Å². The van der Waals surface area contributed by atoms with Gasteiger partial charge in [-0.25, -0.2) is 0 Å². The molecule has 1 aromatic carbocycles. The van der Waals surface area contributed by atoms with Gasteiger partial charge in [-0.3, -0.25) is 4.79 Å². The Labute approximate surface area is 125 Å². The molecular formula is C17H22N2O2. The van der Waals surface area contributed by atoms with Crippen molar-refractivity contribution in [2.24, 2.45) is 0 Å². The van der Waals surface area contributed by atoms with Crippen molar-refractivity contribution in [1.82, 2.24) is 10.2 Å². The van der Waals surface area contributed by atoms with Crippen molar-refractivity contribution >= 4 is 12.0 Å². The number of hydrogen-bond acceptors (Lipinski definition) is 3. The van der Waals surface area contributed by atoms with E-state index in [9.17, 15) is 4.79 Å². The third-order valence-corrected chi connectivity index (χ3v) is 4.00. The van der Waals surface area contributed by atoms with Crippen LogP contribution in [-0.4, -0.2) is 42.6 Å². The van der Waals surface area contributed by atoms with Crippen LogP contribution in [0.25, 0.3) is 6.08 Å². The number of ether oxygens (including phenoxy) is 1. The van der Waals surface area contributed by atoms with Crippen LogP contribution in [0.5, 0.6) is 5.75 Å². The van der Waals surface area contributed by atoms with E-state index in [0.29, 0.717) is 12.1 Å². The van der Waals surface area contributed by atoms with E-state index in [1.807, 2.05) is 23.1 Å². The zero-order chi connectivity index (χ0) is 14.8. The van der Waals surface area contributed by atoms with Crippen LogP contribution in [0, 0.1) is 0 Å². The second-order valence-electron chi connectivity index (χ2n) is 6.01. The average molecular weight is 286 g/mol. The summed E-state index contributed by atoms with van der Waals surface area (Å²) in [4.78, 5) is 14.2. The molecule has 3 rings (SSSR count). The fraction of sp³-hybridized carbons (Fsp3) is 0.471. The predicted octanol–water partition coefficient (Wildman–Crippen LogP) is 1.84. The van der Waals surface area contributed by atoms with Crippen molar-refractivity contribution in [2.45, 2.75) is 32.4 Å². The molecule has 2 atom stereocenters. The molecule has 1 fully saturated rings. The summed E-state index contributed by atoms with van der Waals surface area (Å²) in [5.74, 6) is 1.06. The van der Waals surface area contributed by atoms with E-state index in [-0.39, 0.29) is 5.91 Å². The lowest BCUT2D eigenvalue weighted by atomic mass is 10.1. The van der Waals surface area contributed by atoms with Gasteiger partial charge in [0, 0.05) is 37.7 Å². The van der Waals surface area contributed by atoms with Crippen molar-refractivity contribution in [3.8, 4) is 5.75 Å². The Balaban J connectivity index is 1.66. The van der Waals surface area contributed by atoms with Crippen LogP contribution < -0.4 is 10.1 Å². The molecule has 1 N–H and O–H groups in total. The minimum absolute atomic E-state index is 0.0898. The monoisotopic (exact) mass is 286 g/mol. The van der Waals surface area contributed by atoms with Gasteiger partial charge >= 0.3 is 0 Å². The number of carbonyl (C=O) groups excluding carboxylic acids is 1. The topological polar surface area (TPSA) is 41.6 Å². The second kappa shape index (κ2) is 5.90. The highest BCUT2D eigenvalue weighted by Crippen LogP contribution is 2.26. The molecule has 0 saturated carbocycles. The fourth-order valence-electron chi connectivity index (χ4n) is 3.09. The lowest BCUT2D eigenvalue weighted by Crippen LogP contribution is -2.55. The molecule has 2 aliphatic rings. The Kier molecular flexibility index (Phi) is 3.97. The zero-order valence-electron chi connectivity index (χ0n) is 12.6. The minimum atomic E-state index is 0.0898. The van der Waals surface area contributed by atoms with Crippen LogP contribution in [0.2, 0.25) is 0 Å². The van der Waals surface area contributed by atoms with Gasteiger partial charge in [-0.2, -0.15) is 0 Å². The van der Waals surface area contributed by atoms with E-state index in [2.05, 4.69) is 25.2 Å². The van der Waals surface area contributed by atoms with Crippen LogP contribution in [-0.2, 0) is 11.2 Å². The second-order valence-corrected chi connectivity index (χ2v) is 6.01. The largest absolute Gasteiger partial charge is 0.493 e. The maximum Gasteiger partial charge on any atom is 0.246 e. The molecule has 4 nitrogen and oxygen atoms in total. The standard InChI is InChI=1S/C17H22N2O2/c1-12-10-19(11-13(2)18-12)17(20)6-4-14-3-5-16-15(9-14)7-8-21-16/h3-6,9,12-13,18H,7-8,10-11H2,1-2H3. The molecule has 2 unspecified atom stereocenters. The number of carbonyl (C=O) groups is 1.